The third-order valence-corrected chi connectivity index (χ3v) is 6.95. The second kappa shape index (κ2) is 8.35. The summed E-state index contributed by atoms with van der Waals surface area (Å²) in [6.07, 6.45) is 5.22. The molecule has 0 unspecified atom stereocenters. The molecule has 8 heteroatoms. The summed E-state index contributed by atoms with van der Waals surface area (Å²) in [6, 6.07) is 8.74. The van der Waals surface area contributed by atoms with Crippen LogP contribution in [0, 0.1) is 0 Å². The van der Waals surface area contributed by atoms with Gasteiger partial charge < -0.3 is 9.80 Å². The average Bonchev–Trinajstić information content (AvgIpc) is 2.73. The number of nitrogens with zero attached hydrogens (tertiary/aromatic N) is 4. The number of rotatable bonds is 4. The Bertz CT molecular complexity index is 1000. The quantitative estimate of drug-likeness (QED) is 0.733. The maximum absolute atomic E-state index is 13.1. The molecule has 0 radical (unpaired) electrons. The van der Waals surface area contributed by atoms with Crippen LogP contribution in [0.3, 0.4) is 0 Å². The van der Waals surface area contributed by atoms with Gasteiger partial charge >= 0.3 is 0 Å². The maximum atomic E-state index is 13.1. The normalized spacial score (nSPS) is 21.3. The number of allylic oxidation sites excluding steroid dienone is 2. The van der Waals surface area contributed by atoms with Gasteiger partial charge in [-0.3, -0.25) is 9.69 Å². The lowest BCUT2D eigenvalue weighted by molar-refractivity contribution is -0.128. The van der Waals surface area contributed by atoms with E-state index in [0.29, 0.717) is 31.1 Å². The van der Waals surface area contributed by atoms with Crippen molar-refractivity contribution in [2.75, 3.05) is 38.5 Å². The number of hydrogen-bond donors (Lipinski definition) is 0. The van der Waals surface area contributed by atoms with Crippen LogP contribution in [-0.4, -0.2) is 73.3 Å². The highest BCUT2D eigenvalue weighted by Crippen LogP contribution is 2.21. The summed E-state index contributed by atoms with van der Waals surface area (Å²) in [4.78, 5) is 19.0. The third-order valence-electron chi connectivity index (χ3n) is 5.80. The highest BCUT2D eigenvalue weighted by Gasteiger charge is 2.33. The summed E-state index contributed by atoms with van der Waals surface area (Å²) in [6.45, 7) is 8.38. The molecule has 0 aromatic heterocycles. The zero-order valence-electron chi connectivity index (χ0n) is 17.5. The van der Waals surface area contributed by atoms with Crippen molar-refractivity contribution in [2.24, 2.45) is 4.40 Å². The van der Waals surface area contributed by atoms with Crippen molar-refractivity contribution >= 4 is 21.8 Å². The smallest absolute Gasteiger partial charge is 0.257 e. The Balaban J connectivity index is 1.38. The molecule has 30 heavy (non-hydrogen) atoms. The first-order valence-corrected chi connectivity index (χ1v) is 12.0. The number of amides is 1. The molecule has 0 saturated carbocycles. The molecule has 3 heterocycles. The van der Waals surface area contributed by atoms with Gasteiger partial charge in [-0.1, -0.05) is 38.1 Å². The summed E-state index contributed by atoms with van der Waals surface area (Å²) in [5, 5.41) is 0. The number of sulfonamides is 1. The minimum Gasteiger partial charge on any atom is -0.336 e. The summed E-state index contributed by atoms with van der Waals surface area (Å²) in [7, 11) is -3.51. The van der Waals surface area contributed by atoms with Crippen LogP contribution in [0.2, 0.25) is 0 Å². The van der Waals surface area contributed by atoms with Crippen LogP contribution in [0.1, 0.15) is 30.9 Å². The highest BCUT2D eigenvalue weighted by molar-refractivity contribution is 7.90. The Labute approximate surface area is 178 Å². The zero-order chi connectivity index (χ0) is 21.3. The van der Waals surface area contributed by atoms with Crippen LogP contribution in [0.5, 0.6) is 0 Å². The maximum Gasteiger partial charge on any atom is 0.257 e. The van der Waals surface area contributed by atoms with E-state index in [1.807, 2.05) is 0 Å². The number of amidine groups is 1. The van der Waals surface area contributed by atoms with Gasteiger partial charge in [0.05, 0.1) is 11.3 Å². The lowest BCUT2D eigenvalue weighted by Crippen LogP contribution is -2.50. The predicted octanol–water partition coefficient (Wildman–Crippen LogP) is 1.95. The van der Waals surface area contributed by atoms with E-state index in [0.717, 1.165) is 19.6 Å². The molecule has 4 rings (SSSR count). The molecular weight excluding hydrogens is 400 g/mol. The third kappa shape index (κ3) is 4.49. The van der Waals surface area contributed by atoms with E-state index < -0.39 is 10.0 Å². The molecule has 3 aliphatic rings. The predicted molar refractivity (Wildman–Crippen MR) is 118 cm³/mol. The Morgan fingerprint density at radius 2 is 1.77 bits per heavy atom. The zero-order valence-corrected chi connectivity index (χ0v) is 18.3. The molecule has 7 nitrogen and oxygen atoms in total. The first kappa shape index (κ1) is 20.8. The van der Waals surface area contributed by atoms with Crippen molar-refractivity contribution in [1.82, 2.24) is 14.7 Å². The number of fused-ring (bicyclic) bond motifs is 1. The molecule has 0 spiro atoms. The van der Waals surface area contributed by atoms with E-state index in [-0.39, 0.29) is 17.5 Å². The summed E-state index contributed by atoms with van der Waals surface area (Å²) >= 11 is 0. The van der Waals surface area contributed by atoms with Gasteiger partial charge in [-0.05, 0) is 29.2 Å². The van der Waals surface area contributed by atoms with Gasteiger partial charge in [0.15, 0.2) is 5.84 Å². The van der Waals surface area contributed by atoms with Gasteiger partial charge in [0.2, 0.25) is 0 Å². The van der Waals surface area contributed by atoms with Gasteiger partial charge in [-0.15, -0.1) is 4.40 Å². The van der Waals surface area contributed by atoms with E-state index in [2.05, 4.69) is 47.4 Å². The van der Waals surface area contributed by atoms with Gasteiger partial charge in [-0.25, -0.2) is 8.42 Å². The molecular formula is C22H28N4O3S. The van der Waals surface area contributed by atoms with Gasteiger partial charge in [-0.2, -0.15) is 0 Å². The topological polar surface area (TPSA) is 73.3 Å². The summed E-state index contributed by atoms with van der Waals surface area (Å²) in [5.41, 5.74) is 2.97. The largest absolute Gasteiger partial charge is 0.336 e. The fourth-order valence-electron chi connectivity index (χ4n) is 3.93. The molecule has 1 fully saturated rings. The Morgan fingerprint density at radius 1 is 1.07 bits per heavy atom. The van der Waals surface area contributed by atoms with Gasteiger partial charge in [0, 0.05) is 45.5 Å². The number of carbonyl (C=O) groups excluding carboxylic acids is 1. The first-order valence-electron chi connectivity index (χ1n) is 10.4. The Morgan fingerprint density at radius 3 is 2.43 bits per heavy atom. The molecule has 1 aromatic rings. The van der Waals surface area contributed by atoms with E-state index in [1.54, 1.807) is 28.2 Å². The van der Waals surface area contributed by atoms with E-state index >= 15 is 0 Å². The number of benzene rings is 1. The fraction of sp³-hybridized carbons (Fsp3) is 0.455. The van der Waals surface area contributed by atoms with Crippen molar-refractivity contribution in [3.8, 4) is 0 Å². The molecule has 160 valence electrons. The van der Waals surface area contributed by atoms with Gasteiger partial charge in [0.25, 0.3) is 15.9 Å². The first-order chi connectivity index (χ1) is 14.3. The minimum absolute atomic E-state index is 0.0286. The molecule has 3 aliphatic heterocycles. The molecule has 0 aliphatic carbocycles. The lowest BCUT2D eigenvalue weighted by Gasteiger charge is -2.36. The van der Waals surface area contributed by atoms with Crippen LogP contribution < -0.4 is 0 Å². The number of carbonyl (C=O) groups is 1. The molecule has 0 bridgehead atoms. The minimum atomic E-state index is -3.51. The van der Waals surface area contributed by atoms with Crippen LogP contribution in [-0.2, 0) is 21.4 Å². The number of hydrogen-bond acceptors (Lipinski definition) is 5. The Kier molecular flexibility index (Phi) is 5.79. The van der Waals surface area contributed by atoms with E-state index in [9.17, 15) is 13.2 Å². The van der Waals surface area contributed by atoms with Crippen LogP contribution >= 0.6 is 0 Å². The van der Waals surface area contributed by atoms with Crippen LogP contribution in [0.25, 0.3) is 0 Å². The van der Waals surface area contributed by atoms with Gasteiger partial charge in [0.1, 0.15) is 0 Å². The fourth-order valence-corrected chi connectivity index (χ4v) is 4.91. The lowest BCUT2D eigenvalue weighted by atomic mass is 10.0. The molecule has 0 atom stereocenters. The van der Waals surface area contributed by atoms with Crippen molar-refractivity contribution in [2.45, 2.75) is 26.3 Å². The van der Waals surface area contributed by atoms with E-state index in [1.165, 1.54) is 11.1 Å². The molecule has 0 N–H and O–H groups in total. The number of piperazine rings is 1. The monoisotopic (exact) mass is 428 g/mol. The van der Waals surface area contributed by atoms with Crippen LogP contribution in [0.4, 0.5) is 0 Å². The van der Waals surface area contributed by atoms with Crippen LogP contribution in [0.15, 0.2) is 52.6 Å². The SMILES string of the molecule is CC(C)c1ccc(CN2CCN(C(=O)C3=CC=CN4CCS(=O)(=O)N=C34)CC2)cc1. The second-order valence-electron chi connectivity index (χ2n) is 8.28. The van der Waals surface area contributed by atoms with Crippen molar-refractivity contribution < 1.29 is 13.2 Å². The molecule has 1 aromatic carbocycles. The van der Waals surface area contributed by atoms with Crippen molar-refractivity contribution in [3.63, 3.8) is 0 Å². The molecule has 1 amide bonds. The highest BCUT2D eigenvalue weighted by atomic mass is 32.2. The summed E-state index contributed by atoms with van der Waals surface area (Å²) in [5.74, 6) is 0.596. The van der Waals surface area contributed by atoms with Crippen molar-refractivity contribution in [1.29, 1.82) is 0 Å². The van der Waals surface area contributed by atoms with Crippen molar-refractivity contribution in [3.05, 3.63) is 59.3 Å². The average molecular weight is 429 g/mol. The molecule has 1 saturated heterocycles. The standard InChI is InChI=1S/C22H28N4O3S/c1-17(2)19-7-5-18(6-8-19)16-24-10-12-26(13-11-24)22(27)20-4-3-9-25-14-15-30(28,29)23-21(20)25/h3-9,17H,10-16H2,1-2H3. The second-order valence-corrected chi connectivity index (χ2v) is 10.0. The van der Waals surface area contributed by atoms with E-state index in [4.69, 9.17) is 0 Å². The Hall–Kier alpha value is -2.45. The summed E-state index contributed by atoms with van der Waals surface area (Å²) < 4.78 is 27.7.